The number of rotatable bonds is 11. The molecule has 0 radical (unpaired) electrons. The van der Waals surface area contributed by atoms with E-state index in [4.69, 9.17) is 16.7 Å². The van der Waals surface area contributed by atoms with Crippen molar-refractivity contribution in [1.82, 2.24) is 0 Å². The molecule has 1 aliphatic rings. The van der Waals surface area contributed by atoms with Gasteiger partial charge in [0.15, 0.2) is 0 Å². The number of halogens is 1. The van der Waals surface area contributed by atoms with Gasteiger partial charge in [0.1, 0.15) is 0 Å². The summed E-state index contributed by atoms with van der Waals surface area (Å²) >= 11 is 6.44. The summed E-state index contributed by atoms with van der Waals surface area (Å²) in [7, 11) is 0. The van der Waals surface area contributed by atoms with Crippen LogP contribution in [0.1, 0.15) is 59.3 Å². The number of alkyl halides is 1. The normalized spacial score (nSPS) is 27.9. The molecule has 0 aromatic heterocycles. The quantitative estimate of drug-likeness (QED) is 0.268. The van der Waals surface area contributed by atoms with E-state index in [1.807, 2.05) is 39.0 Å². The zero-order valence-corrected chi connectivity index (χ0v) is 17.5. The van der Waals surface area contributed by atoms with E-state index in [2.05, 4.69) is 6.08 Å². The Hall–Kier alpha value is -1.10. The van der Waals surface area contributed by atoms with Gasteiger partial charge in [-0.1, -0.05) is 42.9 Å². The first kappa shape index (κ1) is 23.9. The molecule has 0 saturated heterocycles. The summed E-state index contributed by atoms with van der Waals surface area (Å²) in [5.74, 6) is -0.602. The first-order valence-electron chi connectivity index (χ1n) is 9.91. The number of hydrogen-bond donors (Lipinski definition) is 3. The standard InChI is InChI=1S/C22H35ClO4/c1-15(2)10-11-16(3)20(24)13-12-18-17(19(23)14-21(18)25)8-6-4-5-7-9-22(26)27/h4,6,10,12-13,16-21,24-25H,5,7-9,11,14H2,1-3H3,(H,26,27)/t16?,17-,18-,19-,20-,21-/m1/s1. The van der Waals surface area contributed by atoms with Crippen molar-refractivity contribution in [1.29, 1.82) is 0 Å². The lowest BCUT2D eigenvalue weighted by Crippen LogP contribution is -2.20. The Balaban J connectivity index is 2.58. The molecule has 0 amide bonds. The van der Waals surface area contributed by atoms with Gasteiger partial charge < -0.3 is 15.3 Å². The van der Waals surface area contributed by atoms with Crippen LogP contribution in [0.5, 0.6) is 0 Å². The van der Waals surface area contributed by atoms with Crippen LogP contribution in [0.15, 0.2) is 36.0 Å². The Morgan fingerprint density at radius 3 is 2.63 bits per heavy atom. The van der Waals surface area contributed by atoms with Gasteiger partial charge in [-0.05, 0) is 57.8 Å². The molecule has 27 heavy (non-hydrogen) atoms. The second kappa shape index (κ2) is 12.4. The monoisotopic (exact) mass is 398 g/mol. The fourth-order valence-electron chi connectivity index (χ4n) is 3.40. The summed E-state index contributed by atoms with van der Waals surface area (Å²) in [5, 5.41) is 29.2. The molecule has 0 spiro atoms. The lowest BCUT2D eigenvalue weighted by atomic mass is 9.89. The van der Waals surface area contributed by atoms with Crippen molar-refractivity contribution < 1.29 is 20.1 Å². The molecule has 1 unspecified atom stereocenters. The topological polar surface area (TPSA) is 77.8 Å². The third-order valence-corrected chi connectivity index (χ3v) is 5.72. The third-order valence-electron chi connectivity index (χ3n) is 5.22. The Morgan fingerprint density at radius 2 is 2.00 bits per heavy atom. The number of aliphatic hydroxyl groups excluding tert-OH is 2. The molecule has 0 aromatic rings. The highest BCUT2D eigenvalue weighted by Gasteiger charge is 2.39. The average Bonchev–Trinajstić information content (AvgIpc) is 2.86. The molecule has 154 valence electrons. The van der Waals surface area contributed by atoms with Crippen LogP contribution < -0.4 is 0 Å². The van der Waals surface area contributed by atoms with Gasteiger partial charge in [-0.15, -0.1) is 11.6 Å². The summed E-state index contributed by atoms with van der Waals surface area (Å²) in [6.45, 7) is 6.11. The number of carboxylic acid groups (broad SMARTS) is 1. The summed E-state index contributed by atoms with van der Waals surface area (Å²) in [4.78, 5) is 10.5. The Morgan fingerprint density at radius 1 is 1.30 bits per heavy atom. The zero-order chi connectivity index (χ0) is 20.4. The number of aliphatic carboxylic acids is 1. The second-order valence-corrected chi connectivity index (χ2v) is 8.48. The molecular formula is C22H35ClO4. The molecule has 5 heteroatoms. The van der Waals surface area contributed by atoms with Crippen LogP contribution in [0.4, 0.5) is 0 Å². The minimum atomic E-state index is -0.772. The van der Waals surface area contributed by atoms with Gasteiger partial charge in [0.25, 0.3) is 0 Å². The van der Waals surface area contributed by atoms with Crippen molar-refractivity contribution in [2.45, 2.75) is 76.9 Å². The van der Waals surface area contributed by atoms with Crippen molar-refractivity contribution in [2.75, 3.05) is 0 Å². The third kappa shape index (κ3) is 9.09. The number of hydrogen-bond acceptors (Lipinski definition) is 3. The largest absolute Gasteiger partial charge is 0.481 e. The summed E-state index contributed by atoms with van der Waals surface area (Å²) < 4.78 is 0. The SMILES string of the molecule is CC(C)=CCC(C)[C@H](O)C=C[C@@H]1[C@@H](CC=CCCCC(=O)O)[C@H](Cl)C[C@H]1O. The highest BCUT2D eigenvalue weighted by molar-refractivity contribution is 6.21. The van der Waals surface area contributed by atoms with Gasteiger partial charge in [-0.2, -0.15) is 0 Å². The predicted octanol–water partition coefficient (Wildman–Crippen LogP) is 4.70. The van der Waals surface area contributed by atoms with Crippen LogP contribution >= 0.6 is 11.6 Å². The number of unbranched alkanes of at least 4 members (excludes halogenated alkanes) is 1. The molecular weight excluding hydrogens is 364 g/mol. The molecule has 4 nitrogen and oxygen atoms in total. The lowest BCUT2D eigenvalue weighted by Gasteiger charge is -2.20. The summed E-state index contributed by atoms with van der Waals surface area (Å²) in [5.41, 5.74) is 1.24. The van der Waals surface area contributed by atoms with Crippen LogP contribution in [-0.2, 0) is 4.79 Å². The first-order chi connectivity index (χ1) is 12.7. The maximum absolute atomic E-state index is 10.5. The number of allylic oxidation sites excluding steroid dienone is 4. The maximum Gasteiger partial charge on any atom is 0.303 e. The van der Waals surface area contributed by atoms with Crippen molar-refractivity contribution in [3.05, 3.63) is 36.0 Å². The van der Waals surface area contributed by atoms with E-state index >= 15 is 0 Å². The van der Waals surface area contributed by atoms with Gasteiger partial charge in [0.05, 0.1) is 12.2 Å². The zero-order valence-electron chi connectivity index (χ0n) is 16.7. The van der Waals surface area contributed by atoms with E-state index in [9.17, 15) is 15.0 Å². The van der Waals surface area contributed by atoms with Crippen LogP contribution in [0.2, 0.25) is 0 Å². The molecule has 1 saturated carbocycles. The average molecular weight is 399 g/mol. The van der Waals surface area contributed by atoms with Crippen molar-refractivity contribution in [3.8, 4) is 0 Å². The van der Waals surface area contributed by atoms with E-state index in [1.165, 1.54) is 5.57 Å². The highest BCUT2D eigenvalue weighted by Crippen LogP contribution is 2.39. The minimum Gasteiger partial charge on any atom is -0.481 e. The molecule has 0 aliphatic heterocycles. The molecule has 1 rings (SSSR count). The fraction of sp³-hybridized carbons (Fsp3) is 0.682. The Labute approximate surface area is 168 Å². The molecule has 1 fully saturated rings. The smallest absolute Gasteiger partial charge is 0.303 e. The summed E-state index contributed by atoms with van der Waals surface area (Å²) in [6.07, 6.45) is 12.5. The van der Waals surface area contributed by atoms with Crippen LogP contribution in [0, 0.1) is 17.8 Å². The molecule has 3 N–H and O–H groups in total. The summed E-state index contributed by atoms with van der Waals surface area (Å²) in [6, 6.07) is 0. The lowest BCUT2D eigenvalue weighted by molar-refractivity contribution is -0.137. The van der Waals surface area contributed by atoms with Crippen LogP contribution in [0.25, 0.3) is 0 Å². The van der Waals surface area contributed by atoms with Crippen molar-refractivity contribution in [3.63, 3.8) is 0 Å². The van der Waals surface area contributed by atoms with E-state index < -0.39 is 18.2 Å². The second-order valence-electron chi connectivity index (χ2n) is 7.92. The van der Waals surface area contributed by atoms with Crippen LogP contribution in [-0.4, -0.2) is 38.9 Å². The predicted molar refractivity (Wildman–Crippen MR) is 111 cm³/mol. The fourth-order valence-corrected chi connectivity index (χ4v) is 3.85. The molecule has 0 bridgehead atoms. The van der Waals surface area contributed by atoms with Crippen molar-refractivity contribution in [2.24, 2.45) is 17.8 Å². The van der Waals surface area contributed by atoms with Gasteiger partial charge in [-0.3, -0.25) is 4.79 Å². The van der Waals surface area contributed by atoms with Gasteiger partial charge in [0.2, 0.25) is 0 Å². The van der Waals surface area contributed by atoms with Gasteiger partial charge in [-0.25, -0.2) is 0 Å². The molecule has 0 aromatic carbocycles. The highest BCUT2D eigenvalue weighted by atomic mass is 35.5. The van der Waals surface area contributed by atoms with Crippen molar-refractivity contribution >= 4 is 17.6 Å². The molecule has 6 atom stereocenters. The van der Waals surface area contributed by atoms with E-state index in [-0.39, 0.29) is 29.6 Å². The number of carbonyl (C=O) groups is 1. The minimum absolute atomic E-state index is 0.0681. The van der Waals surface area contributed by atoms with Gasteiger partial charge in [0, 0.05) is 17.7 Å². The molecule has 0 heterocycles. The van der Waals surface area contributed by atoms with Crippen LogP contribution in [0.3, 0.4) is 0 Å². The number of carboxylic acids is 1. The van der Waals surface area contributed by atoms with E-state index in [0.717, 1.165) is 19.3 Å². The van der Waals surface area contributed by atoms with E-state index in [0.29, 0.717) is 12.8 Å². The van der Waals surface area contributed by atoms with Gasteiger partial charge >= 0.3 is 5.97 Å². The Kier molecular flexibility index (Phi) is 11.0. The molecule has 1 aliphatic carbocycles. The number of aliphatic hydroxyl groups is 2. The first-order valence-corrected chi connectivity index (χ1v) is 10.3. The Bertz CT molecular complexity index is 536. The van der Waals surface area contributed by atoms with E-state index in [1.54, 1.807) is 6.08 Å². The maximum atomic E-state index is 10.5.